The Balaban J connectivity index is 2.38. The lowest BCUT2D eigenvalue weighted by molar-refractivity contribution is -0.131. The van der Waals surface area contributed by atoms with Crippen LogP contribution in [0.5, 0.6) is 0 Å². The van der Waals surface area contributed by atoms with Crippen LogP contribution in [0, 0.1) is 6.92 Å². The predicted molar refractivity (Wildman–Crippen MR) is 133 cm³/mol. The fourth-order valence-electron chi connectivity index (χ4n) is 3.27. The van der Waals surface area contributed by atoms with E-state index in [0.717, 1.165) is 11.1 Å². The van der Waals surface area contributed by atoms with Gasteiger partial charge in [-0.05, 0) is 42.7 Å². The topological polar surface area (TPSA) is 66.4 Å². The number of rotatable bonds is 6. The number of hydrogen-bond acceptors (Lipinski definition) is 2. The number of benzene rings is 2. The van der Waals surface area contributed by atoms with Gasteiger partial charge in [0.05, 0.1) is 16.1 Å². The van der Waals surface area contributed by atoms with Crippen molar-refractivity contribution in [1.29, 1.82) is 0 Å². The average molecular weight is 440 g/mol. The molecule has 0 saturated heterocycles. The molecule has 0 aromatic heterocycles. The summed E-state index contributed by atoms with van der Waals surface area (Å²) < 4.78 is 0. The summed E-state index contributed by atoms with van der Waals surface area (Å²) in [6.45, 7) is 17.5. The van der Waals surface area contributed by atoms with Gasteiger partial charge in [0.2, 0.25) is 0 Å². The molecule has 1 amide bonds. The van der Waals surface area contributed by atoms with Gasteiger partial charge < -0.3 is 10.4 Å². The molecular weight excluding hydrogens is 406 g/mol. The van der Waals surface area contributed by atoms with Crippen molar-refractivity contribution in [2.45, 2.75) is 53.1 Å². The highest BCUT2D eigenvalue weighted by atomic mass is 28.3. The fraction of sp³-hybridized carbons (Fsp3) is 0.333. The van der Waals surface area contributed by atoms with Crippen LogP contribution in [0.2, 0.25) is 39.3 Å². The van der Waals surface area contributed by atoms with Gasteiger partial charge in [-0.1, -0.05) is 73.9 Å². The molecule has 0 unspecified atom stereocenters. The van der Waals surface area contributed by atoms with E-state index in [2.05, 4.69) is 50.7 Å². The largest absolute Gasteiger partial charge is 0.478 e. The Kier molecular flexibility index (Phi) is 6.94. The quantitative estimate of drug-likeness (QED) is 0.501. The molecule has 4 nitrogen and oxygen atoms in total. The molecular formula is C24H33NO3Si2. The number of anilines is 1. The average Bonchev–Trinajstić information content (AvgIpc) is 2.59. The van der Waals surface area contributed by atoms with Crippen LogP contribution >= 0.6 is 0 Å². The van der Waals surface area contributed by atoms with E-state index in [0.29, 0.717) is 16.8 Å². The third-order valence-corrected chi connectivity index (χ3v) is 9.22. The molecule has 6 heteroatoms. The number of nitrogens with one attached hydrogen (secondary N) is 1. The fourth-order valence-corrected chi connectivity index (χ4v) is 5.77. The van der Waals surface area contributed by atoms with E-state index in [1.807, 2.05) is 37.3 Å². The van der Waals surface area contributed by atoms with Crippen molar-refractivity contribution < 1.29 is 14.7 Å². The van der Waals surface area contributed by atoms with E-state index in [4.69, 9.17) is 5.11 Å². The zero-order valence-electron chi connectivity index (χ0n) is 19.3. The SMILES string of the molecule is CC(=CC(=O)O)c1ccc(NC(=O)c2cc([Si](C)(C)C)cc([Si](C)(C)C)c2)cc1C. The standard InChI is InChI=1S/C24H33NO3Si2/c1-16-11-19(9-10-22(16)17(2)12-23(26)27)25-24(28)18-13-20(29(3,4)5)15-21(14-18)30(6,7)8/h9-15H,1-8H3,(H,25,28)(H,26,27). The van der Waals surface area contributed by atoms with Gasteiger partial charge in [0.15, 0.2) is 0 Å². The Morgan fingerprint density at radius 1 is 0.900 bits per heavy atom. The summed E-state index contributed by atoms with van der Waals surface area (Å²) in [4.78, 5) is 24.0. The number of carboxylic acids is 1. The second-order valence-electron chi connectivity index (χ2n) is 9.95. The Labute approximate surface area is 182 Å². The minimum absolute atomic E-state index is 0.112. The van der Waals surface area contributed by atoms with Crippen LogP contribution < -0.4 is 15.7 Å². The number of carbonyl (C=O) groups excluding carboxylic acids is 1. The molecule has 0 atom stereocenters. The number of allylic oxidation sites excluding steroid dienone is 1. The van der Waals surface area contributed by atoms with Gasteiger partial charge in [-0.25, -0.2) is 4.79 Å². The van der Waals surface area contributed by atoms with Crippen LogP contribution in [0.25, 0.3) is 5.57 Å². The van der Waals surface area contributed by atoms with Crippen LogP contribution in [0.4, 0.5) is 5.69 Å². The molecule has 160 valence electrons. The van der Waals surface area contributed by atoms with Gasteiger partial charge in [-0.3, -0.25) is 4.79 Å². The molecule has 0 aliphatic heterocycles. The maximum Gasteiger partial charge on any atom is 0.328 e. The van der Waals surface area contributed by atoms with Crippen molar-refractivity contribution in [3.05, 3.63) is 59.2 Å². The first-order chi connectivity index (χ1) is 13.7. The normalized spacial score (nSPS) is 12.6. The van der Waals surface area contributed by atoms with Gasteiger partial charge in [0.25, 0.3) is 5.91 Å². The number of carbonyl (C=O) groups is 2. The van der Waals surface area contributed by atoms with E-state index < -0.39 is 22.1 Å². The summed E-state index contributed by atoms with van der Waals surface area (Å²) in [5.74, 6) is -1.08. The summed E-state index contributed by atoms with van der Waals surface area (Å²) in [5, 5.41) is 14.6. The molecule has 0 aliphatic rings. The zero-order valence-corrected chi connectivity index (χ0v) is 21.3. The molecule has 0 heterocycles. The number of carboxylic acid groups (broad SMARTS) is 1. The third kappa shape index (κ3) is 6.03. The van der Waals surface area contributed by atoms with E-state index in [9.17, 15) is 9.59 Å². The highest BCUT2D eigenvalue weighted by molar-refractivity contribution is 6.91. The highest BCUT2D eigenvalue weighted by Crippen LogP contribution is 2.22. The summed E-state index contributed by atoms with van der Waals surface area (Å²) in [5.41, 5.74) is 3.87. The maximum atomic E-state index is 13.1. The van der Waals surface area contributed by atoms with Crippen molar-refractivity contribution in [3.63, 3.8) is 0 Å². The number of aliphatic carboxylic acids is 1. The molecule has 2 rings (SSSR count). The second kappa shape index (κ2) is 8.74. The van der Waals surface area contributed by atoms with E-state index in [1.165, 1.54) is 16.4 Å². The van der Waals surface area contributed by atoms with E-state index in [1.54, 1.807) is 6.92 Å². The lowest BCUT2D eigenvalue weighted by Gasteiger charge is -2.24. The van der Waals surface area contributed by atoms with Crippen LogP contribution in [0.15, 0.2) is 42.5 Å². The van der Waals surface area contributed by atoms with Crippen molar-refractivity contribution in [2.75, 3.05) is 5.32 Å². The van der Waals surface area contributed by atoms with Crippen molar-refractivity contribution in [1.82, 2.24) is 0 Å². The smallest absolute Gasteiger partial charge is 0.328 e. The predicted octanol–water partition coefficient (Wildman–Crippen LogP) is 4.83. The molecule has 2 N–H and O–H groups in total. The summed E-state index contributed by atoms with van der Waals surface area (Å²) in [6.07, 6.45) is 1.19. The summed E-state index contributed by atoms with van der Waals surface area (Å²) >= 11 is 0. The zero-order chi connectivity index (χ0) is 22.9. The van der Waals surface area contributed by atoms with Crippen LogP contribution in [-0.2, 0) is 4.79 Å². The number of hydrogen-bond donors (Lipinski definition) is 2. The summed E-state index contributed by atoms with van der Waals surface area (Å²) in [7, 11) is -3.13. The first-order valence-electron chi connectivity index (χ1n) is 10.2. The molecule has 0 saturated carbocycles. The Morgan fingerprint density at radius 3 is 1.87 bits per heavy atom. The van der Waals surface area contributed by atoms with Crippen molar-refractivity contribution in [3.8, 4) is 0 Å². The maximum absolute atomic E-state index is 13.1. The number of amides is 1. The first-order valence-corrected chi connectivity index (χ1v) is 17.2. The molecule has 0 aliphatic carbocycles. The Morgan fingerprint density at radius 2 is 1.43 bits per heavy atom. The van der Waals surface area contributed by atoms with E-state index in [-0.39, 0.29) is 5.91 Å². The molecule has 0 bridgehead atoms. The van der Waals surface area contributed by atoms with Crippen LogP contribution in [0.3, 0.4) is 0 Å². The lowest BCUT2D eigenvalue weighted by atomic mass is 10.0. The minimum atomic E-state index is -1.57. The van der Waals surface area contributed by atoms with Gasteiger partial charge in [-0.15, -0.1) is 0 Å². The first kappa shape index (κ1) is 23.8. The minimum Gasteiger partial charge on any atom is -0.478 e. The van der Waals surface area contributed by atoms with E-state index >= 15 is 0 Å². The Bertz CT molecular complexity index is 980. The van der Waals surface area contributed by atoms with Gasteiger partial charge in [0, 0.05) is 17.3 Å². The van der Waals surface area contributed by atoms with Crippen LogP contribution in [0.1, 0.15) is 28.4 Å². The molecule has 30 heavy (non-hydrogen) atoms. The Hall–Kier alpha value is -2.45. The van der Waals surface area contributed by atoms with Gasteiger partial charge in [-0.2, -0.15) is 0 Å². The third-order valence-electron chi connectivity index (χ3n) is 5.18. The molecule has 2 aromatic carbocycles. The highest BCUT2D eigenvalue weighted by Gasteiger charge is 2.24. The summed E-state index contributed by atoms with van der Waals surface area (Å²) in [6, 6.07) is 12.0. The molecule has 0 radical (unpaired) electrons. The molecule has 2 aromatic rings. The van der Waals surface area contributed by atoms with Crippen molar-refractivity contribution in [2.24, 2.45) is 0 Å². The number of aryl methyl sites for hydroxylation is 1. The van der Waals surface area contributed by atoms with Crippen LogP contribution in [-0.4, -0.2) is 33.1 Å². The molecule has 0 fully saturated rings. The molecule has 0 spiro atoms. The van der Waals surface area contributed by atoms with Gasteiger partial charge >= 0.3 is 5.97 Å². The van der Waals surface area contributed by atoms with Gasteiger partial charge in [0.1, 0.15) is 0 Å². The monoisotopic (exact) mass is 439 g/mol. The van der Waals surface area contributed by atoms with Crippen molar-refractivity contribution >= 4 is 49.7 Å². The second-order valence-corrected chi connectivity index (χ2v) is 20.1. The lowest BCUT2D eigenvalue weighted by Crippen LogP contribution is -2.46.